The molecular formula is C15H21N3O3. The molecule has 0 atom stereocenters. The molecule has 0 radical (unpaired) electrons. The maximum absolute atomic E-state index is 12.6. The molecule has 0 bridgehead atoms. The quantitative estimate of drug-likeness (QED) is 0.850. The smallest absolute Gasteiger partial charge is 0.331 e. The van der Waals surface area contributed by atoms with Crippen molar-refractivity contribution in [3.8, 4) is 0 Å². The minimum absolute atomic E-state index is 0.0694. The molecule has 2 rings (SSSR count). The number of carboxylic acids is 1. The Bertz CT molecular complexity index is 681. The normalized spacial score (nSPS) is 11.4. The van der Waals surface area contributed by atoms with Crippen molar-refractivity contribution in [2.45, 2.75) is 52.1 Å². The molecular weight excluding hydrogens is 270 g/mol. The van der Waals surface area contributed by atoms with Crippen molar-refractivity contribution >= 4 is 17.1 Å². The average Bonchev–Trinajstić information content (AvgIpc) is 2.71. The first-order valence-corrected chi connectivity index (χ1v) is 7.37. The molecule has 0 aliphatic carbocycles. The van der Waals surface area contributed by atoms with Crippen LogP contribution in [0.1, 0.15) is 45.6 Å². The van der Waals surface area contributed by atoms with E-state index in [2.05, 4.69) is 18.8 Å². The lowest BCUT2D eigenvalue weighted by atomic mass is 10.1. The number of fused-ring (bicyclic) bond motifs is 1. The van der Waals surface area contributed by atoms with Gasteiger partial charge in [-0.15, -0.1) is 0 Å². The lowest BCUT2D eigenvalue weighted by Gasteiger charge is -2.16. The van der Waals surface area contributed by atoms with Crippen LogP contribution in [-0.2, 0) is 11.3 Å². The molecule has 0 aliphatic heterocycles. The third-order valence-corrected chi connectivity index (χ3v) is 3.62. The van der Waals surface area contributed by atoms with Crippen molar-refractivity contribution in [2.75, 3.05) is 0 Å². The predicted molar refractivity (Wildman–Crippen MR) is 80.5 cm³/mol. The van der Waals surface area contributed by atoms with Gasteiger partial charge in [0.15, 0.2) is 5.65 Å². The summed E-state index contributed by atoms with van der Waals surface area (Å²) in [6.45, 7) is 3.83. The van der Waals surface area contributed by atoms with Crippen molar-refractivity contribution in [1.82, 2.24) is 14.1 Å². The van der Waals surface area contributed by atoms with Gasteiger partial charge in [0.25, 0.3) is 0 Å². The third-order valence-electron chi connectivity index (χ3n) is 3.62. The Labute approximate surface area is 123 Å². The lowest BCUT2D eigenvalue weighted by molar-refractivity contribution is -0.137. The molecule has 2 aromatic heterocycles. The zero-order valence-corrected chi connectivity index (χ0v) is 12.5. The highest BCUT2D eigenvalue weighted by atomic mass is 16.4. The Morgan fingerprint density at radius 3 is 2.57 bits per heavy atom. The second-order valence-electron chi connectivity index (χ2n) is 5.21. The molecule has 0 aromatic carbocycles. The molecule has 0 saturated carbocycles. The van der Waals surface area contributed by atoms with E-state index < -0.39 is 5.97 Å². The highest BCUT2D eigenvalue weighted by molar-refractivity contribution is 5.75. The summed E-state index contributed by atoms with van der Waals surface area (Å²) >= 11 is 0. The van der Waals surface area contributed by atoms with E-state index in [-0.39, 0.29) is 18.3 Å². The van der Waals surface area contributed by atoms with Gasteiger partial charge in [-0.3, -0.25) is 13.9 Å². The van der Waals surface area contributed by atoms with Crippen LogP contribution in [0.15, 0.2) is 23.1 Å². The SMILES string of the molecule is CCCC(CCC)n1c(=O)n(CC(=O)O)c2cccnc21. The first-order chi connectivity index (χ1) is 10.1. The first-order valence-electron chi connectivity index (χ1n) is 7.37. The highest BCUT2D eigenvalue weighted by Crippen LogP contribution is 2.22. The van der Waals surface area contributed by atoms with E-state index in [1.54, 1.807) is 22.9 Å². The van der Waals surface area contributed by atoms with Crippen LogP contribution >= 0.6 is 0 Å². The number of aromatic nitrogens is 3. The van der Waals surface area contributed by atoms with Crippen LogP contribution < -0.4 is 5.69 Å². The Morgan fingerprint density at radius 2 is 2.00 bits per heavy atom. The molecule has 6 heteroatoms. The fourth-order valence-electron chi connectivity index (χ4n) is 2.79. The van der Waals surface area contributed by atoms with Gasteiger partial charge in [-0.25, -0.2) is 9.78 Å². The number of carboxylic acid groups (broad SMARTS) is 1. The van der Waals surface area contributed by atoms with Gasteiger partial charge in [0.1, 0.15) is 6.54 Å². The van der Waals surface area contributed by atoms with Crippen molar-refractivity contribution in [1.29, 1.82) is 0 Å². The van der Waals surface area contributed by atoms with Crippen LogP contribution in [0.3, 0.4) is 0 Å². The number of aliphatic carboxylic acids is 1. The van der Waals surface area contributed by atoms with E-state index in [4.69, 9.17) is 5.11 Å². The minimum Gasteiger partial charge on any atom is -0.480 e. The van der Waals surface area contributed by atoms with E-state index >= 15 is 0 Å². The van der Waals surface area contributed by atoms with Crippen LogP contribution in [0.4, 0.5) is 0 Å². The van der Waals surface area contributed by atoms with Gasteiger partial charge in [0, 0.05) is 12.2 Å². The van der Waals surface area contributed by atoms with E-state index in [0.717, 1.165) is 25.7 Å². The monoisotopic (exact) mass is 291 g/mol. The summed E-state index contributed by atoms with van der Waals surface area (Å²) in [5.74, 6) is -1.03. The predicted octanol–water partition coefficient (Wildman–Crippen LogP) is 2.42. The second-order valence-corrected chi connectivity index (χ2v) is 5.21. The number of pyridine rings is 1. The topological polar surface area (TPSA) is 77.1 Å². The van der Waals surface area contributed by atoms with Crippen molar-refractivity contribution in [3.63, 3.8) is 0 Å². The van der Waals surface area contributed by atoms with Gasteiger partial charge < -0.3 is 5.11 Å². The molecule has 2 aromatic rings. The van der Waals surface area contributed by atoms with E-state index in [9.17, 15) is 9.59 Å². The molecule has 6 nitrogen and oxygen atoms in total. The van der Waals surface area contributed by atoms with Crippen LogP contribution in [0.2, 0.25) is 0 Å². The fraction of sp³-hybridized carbons (Fsp3) is 0.533. The van der Waals surface area contributed by atoms with Crippen LogP contribution in [0, 0.1) is 0 Å². The molecule has 0 aliphatic rings. The Balaban J connectivity index is 2.64. The summed E-state index contributed by atoms with van der Waals surface area (Å²) in [5, 5.41) is 9.02. The minimum atomic E-state index is -1.03. The van der Waals surface area contributed by atoms with Crippen LogP contribution in [0.25, 0.3) is 11.2 Å². The van der Waals surface area contributed by atoms with E-state index in [1.807, 2.05) is 0 Å². The summed E-state index contributed by atoms with van der Waals surface area (Å²) in [6, 6.07) is 3.54. The van der Waals surface area contributed by atoms with E-state index in [1.165, 1.54) is 4.57 Å². The van der Waals surface area contributed by atoms with Gasteiger partial charge in [-0.05, 0) is 25.0 Å². The van der Waals surface area contributed by atoms with Gasteiger partial charge in [-0.1, -0.05) is 26.7 Å². The number of carbonyl (C=O) groups is 1. The zero-order chi connectivity index (χ0) is 15.4. The lowest BCUT2D eigenvalue weighted by Crippen LogP contribution is -2.29. The molecule has 0 amide bonds. The zero-order valence-electron chi connectivity index (χ0n) is 12.5. The number of hydrogen-bond acceptors (Lipinski definition) is 3. The Kier molecular flexibility index (Phi) is 4.77. The van der Waals surface area contributed by atoms with Crippen LogP contribution in [-0.4, -0.2) is 25.2 Å². The first kappa shape index (κ1) is 15.3. The highest BCUT2D eigenvalue weighted by Gasteiger charge is 2.21. The fourth-order valence-corrected chi connectivity index (χ4v) is 2.79. The van der Waals surface area contributed by atoms with Crippen LogP contribution in [0.5, 0.6) is 0 Å². The summed E-state index contributed by atoms with van der Waals surface area (Å²) < 4.78 is 2.97. The molecule has 0 saturated heterocycles. The third kappa shape index (κ3) is 2.99. The van der Waals surface area contributed by atoms with Gasteiger partial charge in [0.2, 0.25) is 0 Å². The summed E-state index contributed by atoms with van der Waals surface area (Å²) in [6.07, 6.45) is 5.34. The average molecular weight is 291 g/mol. The summed E-state index contributed by atoms with van der Waals surface area (Å²) in [7, 11) is 0. The largest absolute Gasteiger partial charge is 0.480 e. The van der Waals surface area contributed by atoms with Gasteiger partial charge >= 0.3 is 11.7 Å². The van der Waals surface area contributed by atoms with Gasteiger partial charge in [-0.2, -0.15) is 0 Å². The van der Waals surface area contributed by atoms with Crippen molar-refractivity contribution < 1.29 is 9.90 Å². The second kappa shape index (κ2) is 6.56. The number of rotatable bonds is 7. The maximum atomic E-state index is 12.6. The molecule has 2 heterocycles. The number of hydrogen-bond donors (Lipinski definition) is 1. The standard InChI is InChI=1S/C15H21N3O3/c1-3-6-11(7-4-2)18-14-12(8-5-9-16-14)17(15(18)21)10-13(19)20/h5,8-9,11H,3-4,6-7,10H2,1-2H3,(H,19,20). The molecule has 114 valence electrons. The van der Waals surface area contributed by atoms with Gasteiger partial charge in [0.05, 0.1) is 5.52 Å². The van der Waals surface area contributed by atoms with Crippen molar-refractivity contribution in [3.05, 3.63) is 28.8 Å². The molecule has 0 fully saturated rings. The number of nitrogens with zero attached hydrogens (tertiary/aromatic N) is 3. The molecule has 0 unspecified atom stereocenters. The molecule has 0 spiro atoms. The summed E-state index contributed by atoms with van der Waals surface area (Å²) in [5.41, 5.74) is 0.885. The van der Waals surface area contributed by atoms with E-state index in [0.29, 0.717) is 11.2 Å². The maximum Gasteiger partial charge on any atom is 0.331 e. The summed E-state index contributed by atoms with van der Waals surface area (Å²) in [4.78, 5) is 27.9. The van der Waals surface area contributed by atoms with Crippen molar-refractivity contribution in [2.24, 2.45) is 0 Å². The Hall–Kier alpha value is -2.11. The number of imidazole rings is 1. The molecule has 21 heavy (non-hydrogen) atoms. The molecule has 1 N–H and O–H groups in total. The Morgan fingerprint density at radius 1 is 1.33 bits per heavy atom.